The number of amidine groups is 2. The maximum atomic E-state index is 12.6. The van der Waals surface area contributed by atoms with Crippen molar-refractivity contribution in [2.75, 3.05) is 20.3 Å². The Balaban J connectivity index is 1.43. The summed E-state index contributed by atoms with van der Waals surface area (Å²) in [6, 6.07) is 13.2. The van der Waals surface area contributed by atoms with Gasteiger partial charge in [0.15, 0.2) is 17.3 Å². The minimum atomic E-state index is -0.458. The van der Waals surface area contributed by atoms with Crippen molar-refractivity contribution in [1.29, 1.82) is 5.41 Å². The molecule has 0 spiro atoms. The zero-order valence-corrected chi connectivity index (χ0v) is 21.1. The number of carbonyl (C=O) groups excluding carboxylic acids is 1. The number of fused-ring (bicyclic) bond motifs is 1. The Kier molecular flexibility index (Phi) is 8.22. The van der Waals surface area contributed by atoms with Gasteiger partial charge < -0.3 is 14.2 Å². The second-order valence-corrected chi connectivity index (χ2v) is 9.01. The first-order valence-corrected chi connectivity index (χ1v) is 12.5. The number of allylic oxidation sites excluding steroid dienone is 1. The Morgan fingerprint density at radius 3 is 2.64 bits per heavy atom. The number of rotatable bonds is 11. The average Bonchev–Trinajstić information content (AvgIpc) is 3.28. The van der Waals surface area contributed by atoms with E-state index >= 15 is 0 Å². The predicted molar refractivity (Wildman–Crippen MR) is 144 cm³/mol. The third kappa shape index (κ3) is 5.68. The van der Waals surface area contributed by atoms with Crippen molar-refractivity contribution in [1.82, 2.24) is 5.01 Å². The van der Waals surface area contributed by atoms with E-state index in [0.717, 1.165) is 35.6 Å². The minimum Gasteiger partial charge on any atom is -0.493 e. The highest BCUT2D eigenvalue weighted by molar-refractivity contribution is 8.26. The van der Waals surface area contributed by atoms with E-state index in [-0.39, 0.29) is 11.4 Å². The first-order chi connectivity index (χ1) is 17.5. The van der Waals surface area contributed by atoms with Crippen LogP contribution in [0.25, 0.3) is 6.08 Å². The lowest BCUT2D eigenvalue weighted by Crippen LogP contribution is -2.35. The summed E-state index contributed by atoms with van der Waals surface area (Å²) >= 11 is 1.34. The molecule has 0 radical (unpaired) electrons. The molecule has 2 heterocycles. The molecule has 4 rings (SSSR count). The Labute approximate surface area is 214 Å². The van der Waals surface area contributed by atoms with Crippen LogP contribution >= 0.6 is 11.8 Å². The lowest BCUT2D eigenvalue weighted by atomic mass is 10.1. The molecule has 0 atom stereocenters. The van der Waals surface area contributed by atoms with Gasteiger partial charge in [-0.15, -0.1) is 6.58 Å². The van der Waals surface area contributed by atoms with Crippen LogP contribution in [0.1, 0.15) is 30.9 Å². The third-order valence-electron chi connectivity index (χ3n) is 5.39. The molecule has 0 aliphatic carbocycles. The van der Waals surface area contributed by atoms with E-state index in [9.17, 15) is 4.79 Å². The molecule has 0 saturated carbocycles. The number of hydrazone groups is 1. The van der Waals surface area contributed by atoms with Gasteiger partial charge in [0.1, 0.15) is 24.0 Å². The molecule has 0 saturated heterocycles. The number of nitrogens with zero attached hydrogens (tertiary/aromatic N) is 3. The summed E-state index contributed by atoms with van der Waals surface area (Å²) in [7, 11) is 1.55. The monoisotopic (exact) mass is 504 g/mol. The summed E-state index contributed by atoms with van der Waals surface area (Å²) < 4.78 is 17.3. The average molecular weight is 505 g/mol. The summed E-state index contributed by atoms with van der Waals surface area (Å²) in [5.41, 5.74) is 1.93. The SMILES string of the molecule is C=CCc1ccccc1OCCOc1ccc(/C=C2/C(=N)N3N=C(CCC)SC3=NC2=O)cc1OC. The van der Waals surface area contributed by atoms with Crippen molar-refractivity contribution in [2.45, 2.75) is 26.2 Å². The third-order valence-corrected chi connectivity index (χ3v) is 6.36. The zero-order chi connectivity index (χ0) is 25.5. The maximum absolute atomic E-state index is 12.6. The summed E-state index contributed by atoms with van der Waals surface area (Å²) in [4.78, 5) is 16.8. The largest absolute Gasteiger partial charge is 0.493 e. The predicted octanol–water partition coefficient (Wildman–Crippen LogP) is 5.30. The summed E-state index contributed by atoms with van der Waals surface area (Å²) in [5, 5.41) is 15.6. The van der Waals surface area contributed by atoms with E-state index in [1.165, 1.54) is 16.8 Å². The highest BCUT2D eigenvalue weighted by atomic mass is 32.2. The fraction of sp³-hybridized carbons (Fsp3) is 0.259. The fourth-order valence-corrected chi connectivity index (χ4v) is 4.67. The second-order valence-electron chi connectivity index (χ2n) is 7.97. The molecule has 8 nitrogen and oxygen atoms in total. The number of thioether (sulfide) groups is 1. The molecule has 2 aliphatic heterocycles. The van der Waals surface area contributed by atoms with Gasteiger partial charge in [0.25, 0.3) is 5.91 Å². The van der Waals surface area contributed by atoms with Gasteiger partial charge in [-0.05, 0) is 66.4 Å². The molecular formula is C27H28N4O4S. The van der Waals surface area contributed by atoms with Gasteiger partial charge >= 0.3 is 0 Å². The lowest BCUT2D eigenvalue weighted by molar-refractivity contribution is -0.114. The number of amides is 1. The lowest BCUT2D eigenvalue weighted by Gasteiger charge is -2.20. The number of methoxy groups -OCH3 is 1. The van der Waals surface area contributed by atoms with Crippen LogP contribution in [0.3, 0.4) is 0 Å². The first kappa shape index (κ1) is 25.2. The Morgan fingerprint density at radius 1 is 1.11 bits per heavy atom. The number of ether oxygens (including phenoxy) is 3. The molecule has 2 aromatic carbocycles. The van der Waals surface area contributed by atoms with Crippen LogP contribution in [0, 0.1) is 5.41 Å². The highest BCUT2D eigenvalue weighted by Gasteiger charge is 2.35. The fourth-order valence-electron chi connectivity index (χ4n) is 3.68. The van der Waals surface area contributed by atoms with E-state index in [1.807, 2.05) is 30.3 Å². The van der Waals surface area contributed by atoms with Crippen molar-refractivity contribution in [3.63, 3.8) is 0 Å². The zero-order valence-electron chi connectivity index (χ0n) is 20.3. The van der Waals surface area contributed by atoms with Crippen LogP contribution in [-0.4, -0.2) is 47.3 Å². The van der Waals surface area contributed by atoms with Crippen molar-refractivity contribution in [2.24, 2.45) is 10.1 Å². The van der Waals surface area contributed by atoms with Crippen LogP contribution in [0.4, 0.5) is 0 Å². The van der Waals surface area contributed by atoms with Crippen LogP contribution in [0.5, 0.6) is 17.2 Å². The summed E-state index contributed by atoms with van der Waals surface area (Å²) in [5.74, 6) is 1.42. The number of carbonyl (C=O) groups is 1. The molecule has 0 fully saturated rings. The van der Waals surface area contributed by atoms with Crippen molar-refractivity contribution in [3.8, 4) is 17.2 Å². The maximum Gasteiger partial charge on any atom is 0.283 e. The Bertz CT molecular complexity index is 1270. The molecule has 0 bridgehead atoms. The topological polar surface area (TPSA) is 96.6 Å². The molecule has 36 heavy (non-hydrogen) atoms. The van der Waals surface area contributed by atoms with Crippen molar-refractivity contribution >= 4 is 39.8 Å². The van der Waals surface area contributed by atoms with E-state index in [1.54, 1.807) is 31.4 Å². The first-order valence-electron chi connectivity index (χ1n) is 11.7. The van der Waals surface area contributed by atoms with Crippen LogP contribution < -0.4 is 14.2 Å². The quantitative estimate of drug-likeness (QED) is 0.253. The molecule has 0 unspecified atom stereocenters. The van der Waals surface area contributed by atoms with Crippen molar-refractivity contribution in [3.05, 3.63) is 71.8 Å². The van der Waals surface area contributed by atoms with Gasteiger partial charge in [-0.3, -0.25) is 10.2 Å². The Hall–Kier alpha value is -3.85. The molecule has 1 amide bonds. The van der Waals surface area contributed by atoms with Crippen molar-refractivity contribution < 1.29 is 19.0 Å². The normalized spacial score (nSPS) is 15.9. The van der Waals surface area contributed by atoms with Crippen LogP contribution in [0.2, 0.25) is 0 Å². The summed E-state index contributed by atoms with van der Waals surface area (Å²) in [6.45, 7) is 6.53. The van der Waals surface area contributed by atoms with E-state index < -0.39 is 5.91 Å². The number of para-hydroxylation sites is 1. The van der Waals surface area contributed by atoms with E-state index in [4.69, 9.17) is 19.6 Å². The molecule has 186 valence electrons. The van der Waals surface area contributed by atoms with E-state index in [2.05, 4.69) is 23.6 Å². The summed E-state index contributed by atoms with van der Waals surface area (Å²) in [6.07, 6.45) is 5.91. The van der Waals surface area contributed by atoms with Crippen LogP contribution in [-0.2, 0) is 11.2 Å². The molecule has 9 heteroatoms. The van der Waals surface area contributed by atoms with Gasteiger partial charge in [-0.1, -0.05) is 37.3 Å². The molecular weight excluding hydrogens is 476 g/mol. The smallest absolute Gasteiger partial charge is 0.283 e. The standard InChI is InChI=1S/C27H28N4O4S/c1-4-8-19-10-6-7-11-21(19)34-14-15-35-22-13-12-18(17-23(22)33-3)16-20-25(28)31-27(29-26(20)32)36-24(30-31)9-5-2/h4,6-7,10-13,16-17,28H,1,5,8-9,14-15H2,2-3H3/b20-16-,28-25?. The molecule has 1 N–H and O–H groups in total. The van der Waals surface area contributed by atoms with Gasteiger partial charge in [0.05, 0.1) is 12.7 Å². The molecule has 0 aromatic heterocycles. The number of hydrogen-bond acceptors (Lipinski definition) is 7. The Morgan fingerprint density at radius 2 is 1.89 bits per heavy atom. The van der Waals surface area contributed by atoms with Gasteiger partial charge in [-0.2, -0.15) is 15.1 Å². The number of nitrogens with one attached hydrogen (secondary N) is 1. The van der Waals surface area contributed by atoms with Gasteiger partial charge in [0.2, 0.25) is 5.17 Å². The number of aliphatic imine (C=N–C) groups is 1. The second kappa shape index (κ2) is 11.7. The van der Waals surface area contributed by atoms with Crippen LogP contribution in [0.15, 0.2) is 70.8 Å². The van der Waals surface area contributed by atoms with Gasteiger partial charge in [-0.25, -0.2) is 0 Å². The number of hydrogen-bond donors (Lipinski definition) is 1. The number of benzene rings is 2. The van der Waals surface area contributed by atoms with E-state index in [0.29, 0.717) is 35.4 Å². The highest BCUT2D eigenvalue weighted by Crippen LogP contribution is 2.32. The van der Waals surface area contributed by atoms with Gasteiger partial charge in [0, 0.05) is 0 Å². The minimum absolute atomic E-state index is 0.0109. The molecule has 2 aromatic rings. The molecule has 2 aliphatic rings.